The molecule has 0 unspecified atom stereocenters. The van der Waals surface area contributed by atoms with E-state index in [0.29, 0.717) is 24.5 Å². The van der Waals surface area contributed by atoms with E-state index in [1.54, 1.807) is 19.0 Å². The summed E-state index contributed by atoms with van der Waals surface area (Å²) >= 11 is 0. The Morgan fingerprint density at radius 1 is 1.06 bits per heavy atom. The largest absolute Gasteiger partial charge is 0.393 e. The molecule has 0 radical (unpaired) electrons. The standard InChI is InChI=1S/C36H45N11O3/c1-20-12-23(40-29(13-20)36(50)44(2)3)16-46-17-24(18-46)47-30-19-45(4)33-25(26(30)15-39-47)6-5-7-27(33)42-28(32(38)35(49)41-22-10-11-22)14-31(37)43-34(48)21-8-9-21/h5-7,12-15,21-22,24,42H,8-11,16-19,37-38H2,1-4H3,(H,41,49)(H,43,48)/b31-14+,32-28+. The SMILES string of the molecule is Cc1cc(CN2CC(n3ncc4c3CN(C)c3c(NC(/C=C(\N)NC(=O)C5CC5)=C(/N)C(=O)NC5CC5)cccc3-4)C2)nc(C(=O)N(C)C)c1. The second kappa shape index (κ2) is 13.2. The third-order valence-corrected chi connectivity index (χ3v) is 9.54. The molecule has 7 N–H and O–H groups in total. The van der Waals surface area contributed by atoms with Gasteiger partial charge in [0, 0.05) is 69.9 Å². The molecule has 1 saturated heterocycles. The van der Waals surface area contributed by atoms with Gasteiger partial charge in [0.05, 0.1) is 47.2 Å². The van der Waals surface area contributed by atoms with E-state index in [0.717, 1.165) is 78.2 Å². The van der Waals surface area contributed by atoms with Crippen LogP contribution in [0.15, 0.2) is 59.8 Å². The van der Waals surface area contributed by atoms with Crippen molar-refractivity contribution >= 4 is 29.1 Å². The summed E-state index contributed by atoms with van der Waals surface area (Å²) in [4.78, 5) is 48.6. The maximum atomic E-state index is 13.0. The highest BCUT2D eigenvalue weighted by Crippen LogP contribution is 2.44. The van der Waals surface area contributed by atoms with Crippen LogP contribution >= 0.6 is 0 Å². The van der Waals surface area contributed by atoms with Gasteiger partial charge in [0.15, 0.2) is 0 Å². The van der Waals surface area contributed by atoms with E-state index < -0.39 is 0 Å². The number of allylic oxidation sites excluding steroid dienone is 1. The van der Waals surface area contributed by atoms with E-state index in [1.807, 2.05) is 44.4 Å². The number of nitrogens with one attached hydrogen (secondary N) is 3. The molecule has 262 valence electrons. The van der Waals surface area contributed by atoms with Crippen LogP contribution in [0.3, 0.4) is 0 Å². The molecule has 2 aromatic heterocycles. The lowest BCUT2D eigenvalue weighted by molar-refractivity contribution is -0.121. The summed E-state index contributed by atoms with van der Waals surface area (Å²) in [6.45, 7) is 4.91. The second-order valence-corrected chi connectivity index (χ2v) is 14.1. The van der Waals surface area contributed by atoms with Crippen molar-refractivity contribution in [3.05, 3.63) is 82.5 Å². The second-order valence-electron chi connectivity index (χ2n) is 14.1. The zero-order valence-corrected chi connectivity index (χ0v) is 29.0. The molecule has 2 aliphatic heterocycles. The van der Waals surface area contributed by atoms with Crippen molar-refractivity contribution in [2.24, 2.45) is 17.4 Å². The summed E-state index contributed by atoms with van der Waals surface area (Å²) in [6.07, 6.45) is 6.98. The molecule has 14 heteroatoms. The maximum Gasteiger partial charge on any atom is 0.271 e. The highest BCUT2D eigenvalue weighted by molar-refractivity contribution is 5.96. The molecule has 3 amide bonds. The van der Waals surface area contributed by atoms with Crippen molar-refractivity contribution in [3.63, 3.8) is 0 Å². The number of carbonyl (C=O) groups is 3. The number of aryl methyl sites for hydroxylation is 1. The molecule has 3 fully saturated rings. The van der Waals surface area contributed by atoms with E-state index in [4.69, 9.17) is 16.6 Å². The summed E-state index contributed by atoms with van der Waals surface area (Å²) in [5.41, 5.74) is 20.2. The van der Waals surface area contributed by atoms with Crippen molar-refractivity contribution in [3.8, 4) is 11.1 Å². The number of amides is 3. The van der Waals surface area contributed by atoms with Gasteiger partial charge >= 0.3 is 0 Å². The minimum absolute atomic E-state index is 0.0129. The number of benzene rings is 1. The quantitative estimate of drug-likeness (QED) is 0.149. The Labute approximate surface area is 291 Å². The molecule has 0 spiro atoms. The normalized spacial score (nSPS) is 18.0. The molecule has 4 aliphatic rings. The minimum atomic E-state index is -0.385. The number of nitrogens with two attached hydrogens (primary N) is 2. The lowest BCUT2D eigenvalue weighted by atomic mass is 9.97. The summed E-state index contributed by atoms with van der Waals surface area (Å²) in [7, 11) is 5.50. The average Bonchev–Trinajstić information content (AvgIpc) is 4.00. The maximum absolute atomic E-state index is 13.0. The average molecular weight is 680 g/mol. The van der Waals surface area contributed by atoms with Crippen LogP contribution in [0.2, 0.25) is 0 Å². The summed E-state index contributed by atoms with van der Waals surface area (Å²) in [5, 5.41) is 13.9. The first kappa shape index (κ1) is 33.1. The summed E-state index contributed by atoms with van der Waals surface area (Å²) in [6, 6.07) is 10.2. The number of anilines is 2. The molecular weight excluding hydrogens is 634 g/mol. The van der Waals surface area contributed by atoms with E-state index >= 15 is 0 Å². The fourth-order valence-electron chi connectivity index (χ4n) is 6.60. The molecule has 2 saturated carbocycles. The summed E-state index contributed by atoms with van der Waals surface area (Å²) < 4.78 is 2.13. The van der Waals surface area contributed by atoms with E-state index in [9.17, 15) is 14.4 Å². The fourth-order valence-corrected chi connectivity index (χ4v) is 6.60. The van der Waals surface area contributed by atoms with Gasteiger partial charge in [0.1, 0.15) is 17.2 Å². The van der Waals surface area contributed by atoms with E-state index in [1.165, 1.54) is 6.08 Å². The highest BCUT2D eigenvalue weighted by atomic mass is 16.2. The van der Waals surface area contributed by atoms with Gasteiger partial charge in [-0.15, -0.1) is 0 Å². The van der Waals surface area contributed by atoms with E-state index in [2.05, 4.69) is 41.5 Å². The van der Waals surface area contributed by atoms with Gasteiger partial charge < -0.3 is 37.2 Å². The third kappa shape index (κ3) is 6.88. The molecule has 1 aromatic carbocycles. The lowest BCUT2D eigenvalue weighted by Gasteiger charge is -2.40. The van der Waals surface area contributed by atoms with Gasteiger partial charge in [-0.05, 0) is 56.4 Å². The summed E-state index contributed by atoms with van der Waals surface area (Å²) in [5.74, 6) is -0.528. The molecule has 4 heterocycles. The number of hydrogen-bond acceptors (Lipinski definition) is 10. The third-order valence-electron chi connectivity index (χ3n) is 9.54. The van der Waals surface area contributed by atoms with Gasteiger partial charge in [-0.25, -0.2) is 4.98 Å². The highest BCUT2D eigenvalue weighted by Gasteiger charge is 2.35. The Balaban J connectivity index is 1.10. The Hall–Kier alpha value is -5.37. The molecule has 2 aliphatic carbocycles. The van der Waals surface area contributed by atoms with Crippen LogP contribution in [0.25, 0.3) is 11.1 Å². The minimum Gasteiger partial charge on any atom is -0.393 e. The van der Waals surface area contributed by atoms with Crippen molar-refractivity contribution < 1.29 is 14.4 Å². The van der Waals surface area contributed by atoms with Crippen molar-refractivity contribution in [1.29, 1.82) is 0 Å². The van der Waals surface area contributed by atoms with Crippen LogP contribution < -0.4 is 32.3 Å². The van der Waals surface area contributed by atoms with Gasteiger partial charge in [0.25, 0.3) is 11.8 Å². The Kier molecular flexibility index (Phi) is 8.72. The van der Waals surface area contributed by atoms with E-state index in [-0.39, 0.29) is 47.2 Å². The number of aromatic nitrogens is 3. The van der Waals surface area contributed by atoms with Crippen molar-refractivity contribution in [2.45, 2.75) is 57.8 Å². The number of carbonyl (C=O) groups excluding carboxylic acids is 3. The Morgan fingerprint density at radius 3 is 2.52 bits per heavy atom. The van der Waals surface area contributed by atoms with Crippen molar-refractivity contribution in [1.82, 2.24) is 35.2 Å². The van der Waals surface area contributed by atoms with Gasteiger partial charge in [-0.1, -0.05) is 12.1 Å². The van der Waals surface area contributed by atoms with Gasteiger partial charge in [-0.2, -0.15) is 5.10 Å². The molecular formula is C36H45N11O3. The molecule has 3 aromatic rings. The van der Waals surface area contributed by atoms with Crippen LogP contribution in [0.4, 0.5) is 11.4 Å². The number of nitrogens with zero attached hydrogens (tertiary/aromatic N) is 6. The topological polar surface area (TPSA) is 180 Å². The fraction of sp³-hybridized carbons (Fsp3) is 0.417. The molecule has 0 atom stereocenters. The predicted molar refractivity (Wildman–Crippen MR) is 190 cm³/mol. The first-order chi connectivity index (χ1) is 23.9. The molecule has 7 rings (SSSR count). The number of para-hydroxylation sites is 1. The molecule has 50 heavy (non-hydrogen) atoms. The number of pyridine rings is 1. The van der Waals surface area contributed by atoms with Crippen LogP contribution in [-0.4, -0.2) is 82.6 Å². The first-order valence-electron chi connectivity index (χ1n) is 17.1. The molecule has 14 nitrogen and oxygen atoms in total. The van der Waals surface area contributed by atoms with Crippen LogP contribution in [0.1, 0.15) is 59.2 Å². The predicted octanol–water partition coefficient (Wildman–Crippen LogP) is 2.15. The zero-order chi connectivity index (χ0) is 35.3. The first-order valence-corrected chi connectivity index (χ1v) is 17.1. The number of hydrogen-bond donors (Lipinski definition) is 5. The Morgan fingerprint density at radius 2 is 1.82 bits per heavy atom. The number of fused-ring (bicyclic) bond motifs is 3. The Bertz CT molecular complexity index is 1920. The van der Waals surface area contributed by atoms with Crippen LogP contribution in [0, 0.1) is 12.8 Å². The monoisotopic (exact) mass is 679 g/mol. The van der Waals surface area contributed by atoms with Gasteiger partial charge in [0.2, 0.25) is 5.91 Å². The van der Waals surface area contributed by atoms with Crippen LogP contribution in [0.5, 0.6) is 0 Å². The zero-order valence-electron chi connectivity index (χ0n) is 29.0. The smallest absolute Gasteiger partial charge is 0.271 e. The lowest BCUT2D eigenvalue weighted by Crippen LogP contribution is -2.48. The number of rotatable bonds is 11. The number of likely N-dealkylation sites (tertiary alicyclic amines) is 1. The van der Waals surface area contributed by atoms with Crippen molar-refractivity contribution in [2.75, 3.05) is 44.4 Å². The molecule has 0 bridgehead atoms. The van der Waals surface area contributed by atoms with Crippen LogP contribution in [-0.2, 0) is 22.7 Å². The van der Waals surface area contributed by atoms with Gasteiger partial charge in [-0.3, -0.25) is 24.0 Å².